The predicted molar refractivity (Wildman–Crippen MR) is 77.2 cm³/mol. The minimum atomic E-state index is -4.30. The molecule has 0 unspecified atom stereocenters. The monoisotopic (exact) mass is 298 g/mol. The normalized spacial score (nSPS) is 19.3. The van der Waals surface area contributed by atoms with Gasteiger partial charge in [0.05, 0.1) is 5.56 Å². The average molecular weight is 298 g/mol. The summed E-state index contributed by atoms with van der Waals surface area (Å²) in [6, 6.07) is 5.71. The zero-order valence-corrected chi connectivity index (χ0v) is 12.4. The molecule has 0 bridgehead atoms. The number of alkyl halides is 3. The highest BCUT2D eigenvalue weighted by atomic mass is 19.4. The van der Waals surface area contributed by atoms with Crippen molar-refractivity contribution in [2.24, 2.45) is 5.92 Å². The van der Waals surface area contributed by atoms with Gasteiger partial charge in [0.1, 0.15) is 0 Å². The molecule has 1 nitrogen and oxygen atoms in total. The summed E-state index contributed by atoms with van der Waals surface area (Å²) < 4.78 is 44.2. The SMILES string of the molecule is CC(C)/C=C/C1(c2cccc(C(F)(F)F)c2)CCOCC1. The van der Waals surface area contributed by atoms with Crippen molar-refractivity contribution < 1.29 is 17.9 Å². The molecule has 21 heavy (non-hydrogen) atoms. The van der Waals surface area contributed by atoms with Crippen LogP contribution < -0.4 is 0 Å². The van der Waals surface area contributed by atoms with Crippen molar-refractivity contribution in [1.29, 1.82) is 0 Å². The Labute approximate surface area is 123 Å². The lowest BCUT2D eigenvalue weighted by atomic mass is 9.73. The van der Waals surface area contributed by atoms with E-state index >= 15 is 0 Å². The smallest absolute Gasteiger partial charge is 0.381 e. The van der Waals surface area contributed by atoms with Crippen LogP contribution in [0.2, 0.25) is 0 Å². The number of rotatable bonds is 3. The van der Waals surface area contributed by atoms with E-state index in [0.29, 0.717) is 19.1 Å². The summed E-state index contributed by atoms with van der Waals surface area (Å²) in [5.41, 5.74) is -0.189. The molecular formula is C17H21F3O. The van der Waals surface area contributed by atoms with Crippen molar-refractivity contribution in [2.75, 3.05) is 13.2 Å². The second-order valence-corrected chi connectivity index (χ2v) is 5.95. The standard InChI is InChI=1S/C17H21F3O/c1-13(2)6-7-16(8-10-21-11-9-16)14-4-3-5-15(12-14)17(18,19)20/h3-7,12-13H,8-11H2,1-2H3/b7-6+. The molecule has 0 radical (unpaired) electrons. The Morgan fingerprint density at radius 1 is 1.19 bits per heavy atom. The minimum absolute atomic E-state index is 0.343. The molecule has 0 aromatic heterocycles. The number of allylic oxidation sites excluding steroid dienone is 2. The molecule has 4 heteroatoms. The van der Waals surface area contributed by atoms with Crippen LogP contribution in [0.4, 0.5) is 13.2 Å². The molecule has 1 aromatic rings. The Kier molecular flexibility index (Phi) is 4.77. The van der Waals surface area contributed by atoms with Crippen LogP contribution in [-0.4, -0.2) is 13.2 Å². The summed E-state index contributed by atoms with van der Waals surface area (Å²) in [6.45, 7) is 5.29. The van der Waals surface area contributed by atoms with Gasteiger partial charge >= 0.3 is 6.18 Å². The molecule has 0 amide bonds. The number of hydrogen-bond acceptors (Lipinski definition) is 1. The van der Waals surface area contributed by atoms with Crippen LogP contribution in [0.3, 0.4) is 0 Å². The van der Waals surface area contributed by atoms with Gasteiger partial charge in [-0.15, -0.1) is 0 Å². The Balaban J connectivity index is 2.41. The average Bonchev–Trinajstić information content (AvgIpc) is 2.45. The van der Waals surface area contributed by atoms with Crippen molar-refractivity contribution in [3.63, 3.8) is 0 Å². The fourth-order valence-electron chi connectivity index (χ4n) is 2.67. The van der Waals surface area contributed by atoms with Gasteiger partial charge in [0.25, 0.3) is 0 Å². The van der Waals surface area contributed by atoms with E-state index in [1.165, 1.54) is 12.1 Å². The molecule has 0 aliphatic carbocycles. The third-order valence-corrected chi connectivity index (χ3v) is 3.95. The van der Waals surface area contributed by atoms with Crippen LogP contribution in [0.15, 0.2) is 36.4 Å². The molecular weight excluding hydrogens is 277 g/mol. The third kappa shape index (κ3) is 3.88. The van der Waals surface area contributed by atoms with Gasteiger partial charge in [-0.3, -0.25) is 0 Å². The maximum Gasteiger partial charge on any atom is 0.416 e. The van der Waals surface area contributed by atoms with E-state index < -0.39 is 11.7 Å². The fraction of sp³-hybridized carbons (Fsp3) is 0.529. The summed E-state index contributed by atoms with van der Waals surface area (Å²) >= 11 is 0. The van der Waals surface area contributed by atoms with E-state index in [0.717, 1.165) is 24.5 Å². The predicted octanol–water partition coefficient (Wildman–Crippen LogP) is 4.97. The van der Waals surface area contributed by atoms with Gasteiger partial charge in [-0.05, 0) is 30.4 Å². The topological polar surface area (TPSA) is 9.23 Å². The molecule has 0 spiro atoms. The molecule has 2 rings (SSSR count). The van der Waals surface area contributed by atoms with E-state index in [-0.39, 0.29) is 5.41 Å². The van der Waals surface area contributed by atoms with E-state index in [9.17, 15) is 13.2 Å². The molecule has 1 aromatic carbocycles. The van der Waals surface area contributed by atoms with Gasteiger partial charge in [0.2, 0.25) is 0 Å². The first-order valence-corrected chi connectivity index (χ1v) is 7.28. The van der Waals surface area contributed by atoms with Crippen LogP contribution in [0.5, 0.6) is 0 Å². The molecule has 0 atom stereocenters. The lowest BCUT2D eigenvalue weighted by Gasteiger charge is -2.35. The lowest BCUT2D eigenvalue weighted by molar-refractivity contribution is -0.137. The summed E-state index contributed by atoms with van der Waals surface area (Å²) in [6.07, 6.45) is 1.29. The first kappa shape index (κ1) is 16.1. The van der Waals surface area contributed by atoms with Crippen molar-refractivity contribution in [3.8, 4) is 0 Å². The van der Waals surface area contributed by atoms with Crippen molar-refractivity contribution in [1.82, 2.24) is 0 Å². The molecule has 0 N–H and O–H groups in total. The van der Waals surface area contributed by atoms with E-state index in [1.54, 1.807) is 6.07 Å². The van der Waals surface area contributed by atoms with E-state index in [2.05, 4.69) is 26.0 Å². The summed E-state index contributed by atoms with van der Waals surface area (Å²) in [7, 11) is 0. The Hall–Kier alpha value is -1.29. The highest BCUT2D eigenvalue weighted by Gasteiger charge is 2.35. The van der Waals surface area contributed by atoms with Gasteiger partial charge in [-0.1, -0.05) is 44.2 Å². The van der Waals surface area contributed by atoms with Gasteiger partial charge in [0, 0.05) is 18.6 Å². The summed E-state index contributed by atoms with van der Waals surface area (Å²) in [5.74, 6) is 0.371. The molecule has 1 aliphatic heterocycles. The summed E-state index contributed by atoms with van der Waals surface area (Å²) in [4.78, 5) is 0. The Bertz CT molecular complexity index is 497. The number of halogens is 3. The van der Waals surface area contributed by atoms with Crippen molar-refractivity contribution in [3.05, 3.63) is 47.5 Å². The van der Waals surface area contributed by atoms with Crippen LogP contribution >= 0.6 is 0 Å². The van der Waals surface area contributed by atoms with Crippen LogP contribution in [0.25, 0.3) is 0 Å². The first-order valence-electron chi connectivity index (χ1n) is 7.28. The largest absolute Gasteiger partial charge is 0.416 e. The molecule has 116 valence electrons. The number of hydrogen-bond donors (Lipinski definition) is 0. The molecule has 1 fully saturated rings. The third-order valence-electron chi connectivity index (χ3n) is 3.95. The van der Waals surface area contributed by atoms with Crippen LogP contribution in [0, 0.1) is 5.92 Å². The molecule has 1 heterocycles. The minimum Gasteiger partial charge on any atom is -0.381 e. The van der Waals surface area contributed by atoms with Gasteiger partial charge in [-0.25, -0.2) is 0 Å². The second kappa shape index (κ2) is 6.22. The van der Waals surface area contributed by atoms with Crippen LogP contribution in [0.1, 0.15) is 37.8 Å². The fourth-order valence-corrected chi connectivity index (χ4v) is 2.67. The Morgan fingerprint density at radius 3 is 2.43 bits per heavy atom. The quantitative estimate of drug-likeness (QED) is 0.716. The number of benzene rings is 1. The zero-order chi connectivity index (χ0) is 15.5. The van der Waals surface area contributed by atoms with E-state index in [1.807, 2.05) is 0 Å². The molecule has 0 saturated carbocycles. The van der Waals surface area contributed by atoms with Crippen LogP contribution in [-0.2, 0) is 16.3 Å². The van der Waals surface area contributed by atoms with Gasteiger partial charge < -0.3 is 4.74 Å². The maximum atomic E-state index is 12.9. The Morgan fingerprint density at radius 2 is 1.86 bits per heavy atom. The molecule has 1 saturated heterocycles. The first-order chi connectivity index (χ1) is 9.83. The summed E-state index contributed by atoms with van der Waals surface area (Å²) in [5, 5.41) is 0. The van der Waals surface area contributed by atoms with Crippen molar-refractivity contribution >= 4 is 0 Å². The van der Waals surface area contributed by atoms with Gasteiger partial charge in [-0.2, -0.15) is 13.2 Å². The van der Waals surface area contributed by atoms with Crippen molar-refractivity contribution in [2.45, 2.75) is 38.3 Å². The molecule has 1 aliphatic rings. The highest BCUT2D eigenvalue weighted by molar-refractivity contribution is 5.36. The maximum absolute atomic E-state index is 12.9. The second-order valence-electron chi connectivity index (χ2n) is 5.95. The van der Waals surface area contributed by atoms with E-state index in [4.69, 9.17) is 4.74 Å². The zero-order valence-electron chi connectivity index (χ0n) is 12.4. The number of ether oxygens (including phenoxy) is 1. The lowest BCUT2D eigenvalue weighted by Crippen LogP contribution is -2.32. The highest BCUT2D eigenvalue weighted by Crippen LogP contribution is 2.39. The van der Waals surface area contributed by atoms with Gasteiger partial charge in [0.15, 0.2) is 0 Å².